The molecule has 27 heavy (non-hydrogen) atoms. The Balaban J connectivity index is 1.36. The molecule has 1 aliphatic rings. The molecule has 5 heteroatoms. The summed E-state index contributed by atoms with van der Waals surface area (Å²) in [4.78, 5) is 21.5. The average Bonchev–Trinajstić information content (AvgIpc) is 2.75. The van der Waals surface area contributed by atoms with Crippen molar-refractivity contribution in [3.8, 4) is 0 Å². The number of nitrogens with zero attached hydrogens (tertiary/aromatic N) is 3. The van der Waals surface area contributed by atoms with Crippen LogP contribution in [0, 0.1) is 0 Å². The number of nitrogens with one attached hydrogen (secondary N) is 1. The van der Waals surface area contributed by atoms with Gasteiger partial charge in [-0.15, -0.1) is 0 Å². The van der Waals surface area contributed by atoms with Crippen LogP contribution in [0.2, 0.25) is 0 Å². The molecular weight excluding hydrogens is 336 g/mol. The van der Waals surface area contributed by atoms with Crippen LogP contribution in [0.15, 0.2) is 79.0 Å². The number of piperazine rings is 1. The number of anilines is 3. The number of pyridine rings is 1. The summed E-state index contributed by atoms with van der Waals surface area (Å²) in [5.41, 5.74) is 2.60. The van der Waals surface area contributed by atoms with Crippen LogP contribution in [0.4, 0.5) is 17.2 Å². The second-order valence-electron chi connectivity index (χ2n) is 6.53. The number of amides is 1. The van der Waals surface area contributed by atoms with Crippen LogP contribution in [0.25, 0.3) is 0 Å². The van der Waals surface area contributed by atoms with Gasteiger partial charge in [0.1, 0.15) is 5.82 Å². The summed E-state index contributed by atoms with van der Waals surface area (Å²) in [7, 11) is 0. The number of carbonyl (C=O) groups excluding carboxylic acids is 1. The predicted octanol–water partition coefficient (Wildman–Crippen LogP) is 3.66. The van der Waals surface area contributed by atoms with Gasteiger partial charge in [-0.3, -0.25) is 4.79 Å². The summed E-state index contributed by atoms with van der Waals surface area (Å²) >= 11 is 0. The van der Waals surface area contributed by atoms with E-state index in [1.807, 2.05) is 48.5 Å². The van der Waals surface area contributed by atoms with Gasteiger partial charge in [-0.1, -0.05) is 36.4 Å². The molecule has 0 aliphatic carbocycles. The predicted molar refractivity (Wildman–Crippen MR) is 110 cm³/mol. The van der Waals surface area contributed by atoms with Crippen molar-refractivity contribution < 1.29 is 4.79 Å². The van der Waals surface area contributed by atoms with Crippen molar-refractivity contribution in [2.45, 2.75) is 0 Å². The lowest BCUT2D eigenvalue weighted by Gasteiger charge is -2.36. The molecule has 0 unspecified atom stereocenters. The van der Waals surface area contributed by atoms with E-state index in [9.17, 15) is 4.79 Å². The maximum absolute atomic E-state index is 12.3. The van der Waals surface area contributed by atoms with E-state index in [1.54, 1.807) is 6.20 Å². The molecule has 1 saturated heterocycles. The molecule has 1 aliphatic heterocycles. The Morgan fingerprint density at radius 2 is 1.41 bits per heavy atom. The third kappa shape index (κ3) is 4.08. The van der Waals surface area contributed by atoms with E-state index in [-0.39, 0.29) is 5.91 Å². The molecule has 1 aromatic heterocycles. The highest BCUT2D eigenvalue weighted by atomic mass is 16.1. The minimum atomic E-state index is -0.144. The molecule has 0 atom stereocenters. The number of rotatable bonds is 4. The molecular formula is C22H22N4O. The molecule has 0 radical (unpaired) electrons. The van der Waals surface area contributed by atoms with E-state index in [2.05, 4.69) is 44.4 Å². The van der Waals surface area contributed by atoms with E-state index in [4.69, 9.17) is 0 Å². The minimum absolute atomic E-state index is 0.144. The first-order chi connectivity index (χ1) is 13.3. The first kappa shape index (κ1) is 17.1. The van der Waals surface area contributed by atoms with Crippen LogP contribution in [0.1, 0.15) is 10.4 Å². The van der Waals surface area contributed by atoms with Gasteiger partial charge in [0.05, 0.1) is 5.56 Å². The SMILES string of the molecule is O=C(Nc1ccccc1)c1ccc(N2CCN(c3ccccc3)CC2)nc1. The summed E-state index contributed by atoms with van der Waals surface area (Å²) in [6.07, 6.45) is 1.65. The highest BCUT2D eigenvalue weighted by Crippen LogP contribution is 2.19. The number of hydrogen-bond donors (Lipinski definition) is 1. The van der Waals surface area contributed by atoms with Crippen LogP contribution in [-0.2, 0) is 0 Å². The topological polar surface area (TPSA) is 48.5 Å². The average molecular weight is 358 g/mol. The van der Waals surface area contributed by atoms with Crippen molar-refractivity contribution in [2.24, 2.45) is 0 Å². The fourth-order valence-electron chi connectivity index (χ4n) is 3.26. The maximum Gasteiger partial charge on any atom is 0.257 e. The molecule has 5 nitrogen and oxygen atoms in total. The summed E-state index contributed by atoms with van der Waals surface area (Å²) in [5.74, 6) is 0.771. The summed E-state index contributed by atoms with van der Waals surface area (Å²) in [5, 5.41) is 2.88. The first-order valence-electron chi connectivity index (χ1n) is 9.17. The van der Waals surface area contributed by atoms with Gasteiger partial charge in [0.2, 0.25) is 0 Å². The van der Waals surface area contributed by atoms with Crippen LogP contribution in [0.3, 0.4) is 0 Å². The van der Waals surface area contributed by atoms with Crippen LogP contribution < -0.4 is 15.1 Å². The number of carbonyl (C=O) groups is 1. The second kappa shape index (κ2) is 7.91. The van der Waals surface area contributed by atoms with Gasteiger partial charge in [-0.05, 0) is 36.4 Å². The molecule has 136 valence electrons. The molecule has 2 aromatic carbocycles. The number of para-hydroxylation sites is 2. The van der Waals surface area contributed by atoms with Crippen LogP contribution in [0.5, 0.6) is 0 Å². The van der Waals surface area contributed by atoms with Crippen LogP contribution >= 0.6 is 0 Å². The molecule has 1 amide bonds. The third-order valence-corrected chi connectivity index (χ3v) is 4.77. The first-order valence-corrected chi connectivity index (χ1v) is 9.17. The summed E-state index contributed by atoms with van der Waals surface area (Å²) in [6.45, 7) is 3.75. The van der Waals surface area contributed by atoms with Crippen molar-refractivity contribution in [1.82, 2.24) is 4.98 Å². The number of hydrogen-bond acceptors (Lipinski definition) is 4. The molecule has 2 heterocycles. The van der Waals surface area contributed by atoms with Gasteiger partial charge in [-0.2, -0.15) is 0 Å². The van der Waals surface area contributed by atoms with Crippen molar-refractivity contribution in [1.29, 1.82) is 0 Å². The molecule has 4 rings (SSSR count). The fourth-order valence-corrected chi connectivity index (χ4v) is 3.26. The normalized spacial score (nSPS) is 14.1. The maximum atomic E-state index is 12.3. The highest BCUT2D eigenvalue weighted by Gasteiger charge is 2.18. The Bertz CT molecular complexity index is 873. The van der Waals surface area contributed by atoms with Gasteiger partial charge in [0, 0.05) is 43.8 Å². The Hall–Kier alpha value is -3.34. The zero-order valence-corrected chi connectivity index (χ0v) is 15.1. The molecule has 0 bridgehead atoms. The van der Waals surface area contributed by atoms with Gasteiger partial charge in [0.15, 0.2) is 0 Å². The lowest BCUT2D eigenvalue weighted by molar-refractivity contribution is 0.102. The monoisotopic (exact) mass is 358 g/mol. The highest BCUT2D eigenvalue weighted by molar-refractivity contribution is 6.04. The van der Waals surface area contributed by atoms with E-state index in [1.165, 1.54) is 5.69 Å². The number of aromatic nitrogens is 1. The summed E-state index contributed by atoms with van der Waals surface area (Å²) in [6, 6.07) is 23.7. The largest absolute Gasteiger partial charge is 0.368 e. The second-order valence-corrected chi connectivity index (χ2v) is 6.53. The zero-order chi connectivity index (χ0) is 18.5. The Morgan fingerprint density at radius 3 is 2.04 bits per heavy atom. The molecule has 1 fully saturated rings. The lowest BCUT2D eigenvalue weighted by atomic mass is 10.2. The lowest BCUT2D eigenvalue weighted by Crippen LogP contribution is -2.46. The van der Waals surface area contributed by atoms with Gasteiger partial charge in [-0.25, -0.2) is 4.98 Å². The van der Waals surface area contributed by atoms with Crippen LogP contribution in [-0.4, -0.2) is 37.1 Å². The Kier molecular flexibility index (Phi) is 5.01. The van der Waals surface area contributed by atoms with Crippen molar-refractivity contribution in [3.05, 3.63) is 84.6 Å². The smallest absolute Gasteiger partial charge is 0.257 e. The molecule has 0 saturated carbocycles. The van der Waals surface area contributed by atoms with Crippen molar-refractivity contribution in [2.75, 3.05) is 41.3 Å². The van der Waals surface area contributed by atoms with E-state index in [0.717, 1.165) is 37.7 Å². The van der Waals surface area contributed by atoms with Gasteiger partial charge >= 0.3 is 0 Å². The van der Waals surface area contributed by atoms with Crippen molar-refractivity contribution in [3.63, 3.8) is 0 Å². The quantitative estimate of drug-likeness (QED) is 0.773. The minimum Gasteiger partial charge on any atom is -0.368 e. The van der Waals surface area contributed by atoms with Crippen molar-refractivity contribution >= 4 is 23.1 Å². The standard InChI is InChI=1S/C22H22N4O/c27-22(24-19-7-3-1-4-8-19)18-11-12-21(23-17-18)26-15-13-25(14-16-26)20-9-5-2-6-10-20/h1-12,17H,13-16H2,(H,24,27). The Morgan fingerprint density at radius 1 is 0.778 bits per heavy atom. The molecule has 0 spiro atoms. The Labute approximate surface area is 159 Å². The third-order valence-electron chi connectivity index (χ3n) is 4.77. The van der Waals surface area contributed by atoms with Gasteiger partial charge in [0.25, 0.3) is 5.91 Å². The van der Waals surface area contributed by atoms with E-state index >= 15 is 0 Å². The zero-order valence-electron chi connectivity index (χ0n) is 15.1. The summed E-state index contributed by atoms with van der Waals surface area (Å²) < 4.78 is 0. The fraction of sp³-hybridized carbons (Fsp3) is 0.182. The molecule has 3 aromatic rings. The van der Waals surface area contributed by atoms with Gasteiger partial charge < -0.3 is 15.1 Å². The number of benzene rings is 2. The van der Waals surface area contributed by atoms with E-state index < -0.39 is 0 Å². The molecule has 1 N–H and O–H groups in total. The van der Waals surface area contributed by atoms with E-state index in [0.29, 0.717) is 5.56 Å².